The largest absolute Gasteiger partial charge is 0.396 e. The molecular formula is C15H22ClNO2S. The van der Waals surface area contributed by atoms with Gasteiger partial charge in [0, 0.05) is 23.9 Å². The van der Waals surface area contributed by atoms with E-state index in [1.165, 1.54) is 0 Å². The molecule has 0 aliphatic carbocycles. The predicted molar refractivity (Wildman–Crippen MR) is 86.1 cm³/mol. The van der Waals surface area contributed by atoms with Crippen molar-refractivity contribution in [3.63, 3.8) is 0 Å². The average molecular weight is 316 g/mol. The Labute approximate surface area is 130 Å². The predicted octanol–water partition coefficient (Wildman–Crippen LogP) is 3.10. The van der Waals surface area contributed by atoms with E-state index in [2.05, 4.69) is 12.2 Å². The normalized spacial score (nSPS) is 12.2. The van der Waals surface area contributed by atoms with Gasteiger partial charge < -0.3 is 10.4 Å². The molecule has 0 aliphatic heterocycles. The lowest BCUT2D eigenvalue weighted by molar-refractivity contribution is -0.118. The number of aliphatic hydroxyl groups excluding tert-OH is 1. The van der Waals surface area contributed by atoms with Gasteiger partial charge in [-0.1, -0.05) is 37.1 Å². The van der Waals surface area contributed by atoms with Crippen molar-refractivity contribution in [3.05, 3.63) is 34.9 Å². The molecule has 0 bridgehead atoms. The molecule has 112 valence electrons. The van der Waals surface area contributed by atoms with Crippen LogP contribution in [0.25, 0.3) is 0 Å². The van der Waals surface area contributed by atoms with Crippen LogP contribution in [0.3, 0.4) is 0 Å². The van der Waals surface area contributed by atoms with Crippen molar-refractivity contribution in [2.75, 3.05) is 18.9 Å². The minimum Gasteiger partial charge on any atom is -0.396 e. The molecule has 0 aromatic heterocycles. The number of aliphatic hydroxyl groups is 1. The highest BCUT2D eigenvalue weighted by Crippen LogP contribution is 2.16. The lowest BCUT2D eigenvalue weighted by Crippen LogP contribution is -2.30. The number of carbonyl (C=O) groups is 1. The Kier molecular flexibility index (Phi) is 8.74. The van der Waals surface area contributed by atoms with Crippen LogP contribution in [-0.2, 0) is 10.5 Å². The summed E-state index contributed by atoms with van der Waals surface area (Å²) < 4.78 is 0. The van der Waals surface area contributed by atoms with E-state index in [1.54, 1.807) is 11.8 Å². The van der Waals surface area contributed by atoms with Crippen molar-refractivity contribution < 1.29 is 9.90 Å². The highest BCUT2D eigenvalue weighted by Gasteiger charge is 2.08. The molecule has 1 unspecified atom stereocenters. The van der Waals surface area contributed by atoms with E-state index >= 15 is 0 Å². The molecule has 1 amide bonds. The first-order valence-corrected chi connectivity index (χ1v) is 8.38. The van der Waals surface area contributed by atoms with Gasteiger partial charge in [-0.25, -0.2) is 0 Å². The summed E-state index contributed by atoms with van der Waals surface area (Å²) in [4.78, 5) is 11.7. The molecule has 20 heavy (non-hydrogen) atoms. The van der Waals surface area contributed by atoms with Crippen LogP contribution in [0.15, 0.2) is 24.3 Å². The second kappa shape index (κ2) is 10.1. The lowest BCUT2D eigenvalue weighted by Gasteiger charge is -2.14. The van der Waals surface area contributed by atoms with E-state index in [4.69, 9.17) is 16.7 Å². The molecule has 2 N–H and O–H groups in total. The molecule has 1 aromatic rings. The maximum atomic E-state index is 11.7. The molecule has 0 spiro atoms. The number of hydrogen-bond acceptors (Lipinski definition) is 3. The van der Waals surface area contributed by atoms with E-state index in [0.717, 1.165) is 29.2 Å². The van der Waals surface area contributed by atoms with Gasteiger partial charge >= 0.3 is 0 Å². The Morgan fingerprint density at radius 2 is 2.30 bits per heavy atom. The van der Waals surface area contributed by atoms with Crippen LogP contribution in [0.4, 0.5) is 0 Å². The Balaban J connectivity index is 2.20. The lowest BCUT2D eigenvalue weighted by atomic mass is 10.0. The smallest absolute Gasteiger partial charge is 0.230 e. The topological polar surface area (TPSA) is 49.3 Å². The van der Waals surface area contributed by atoms with Crippen molar-refractivity contribution >= 4 is 29.3 Å². The number of carbonyl (C=O) groups excluding carboxylic acids is 1. The van der Waals surface area contributed by atoms with Gasteiger partial charge in [0.15, 0.2) is 0 Å². The first-order valence-electron chi connectivity index (χ1n) is 6.85. The Morgan fingerprint density at radius 1 is 1.50 bits per heavy atom. The third-order valence-corrected chi connectivity index (χ3v) is 4.33. The Morgan fingerprint density at radius 3 is 2.95 bits per heavy atom. The molecular weight excluding hydrogens is 294 g/mol. The summed E-state index contributed by atoms with van der Waals surface area (Å²) in [5.41, 5.74) is 1.13. The van der Waals surface area contributed by atoms with Crippen molar-refractivity contribution in [2.24, 2.45) is 5.92 Å². The number of benzene rings is 1. The fraction of sp³-hybridized carbons (Fsp3) is 0.533. The summed E-state index contributed by atoms with van der Waals surface area (Å²) >= 11 is 7.48. The summed E-state index contributed by atoms with van der Waals surface area (Å²) in [6.07, 6.45) is 1.71. The molecule has 1 atom stereocenters. The zero-order chi connectivity index (χ0) is 14.8. The zero-order valence-corrected chi connectivity index (χ0v) is 13.3. The fourth-order valence-electron chi connectivity index (χ4n) is 1.83. The maximum Gasteiger partial charge on any atom is 0.230 e. The van der Waals surface area contributed by atoms with Crippen LogP contribution in [0, 0.1) is 5.92 Å². The van der Waals surface area contributed by atoms with Crippen LogP contribution in [0.2, 0.25) is 5.02 Å². The van der Waals surface area contributed by atoms with Crippen LogP contribution >= 0.6 is 23.4 Å². The van der Waals surface area contributed by atoms with Crippen molar-refractivity contribution in [2.45, 2.75) is 25.5 Å². The third kappa shape index (κ3) is 7.17. The highest BCUT2D eigenvalue weighted by molar-refractivity contribution is 7.99. The van der Waals surface area contributed by atoms with Crippen LogP contribution in [0.5, 0.6) is 0 Å². The van der Waals surface area contributed by atoms with E-state index in [1.807, 2.05) is 24.3 Å². The van der Waals surface area contributed by atoms with Gasteiger partial charge in [0.1, 0.15) is 0 Å². The summed E-state index contributed by atoms with van der Waals surface area (Å²) in [6, 6.07) is 7.68. The number of nitrogens with one attached hydrogen (secondary N) is 1. The van der Waals surface area contributed by atoms with Gasteiger partial charge in [0.05, 0.1) is 5.75 Å². The fourth-order valence-corrected chi connectivity index (χ4v) is 2.85. The van der Waals surface area contributed by atoms with E-state index in [0.29, 0.717) is 18.2 Å². The van der Waals surface area contributed by atoms with Gasteiger partial charge in [-0.2, -0.15) is 0 Å². The standard InChI is InChI=1S/C15H22ClNO2S/c1-2-12(6-7-18)9-17-15(19)11-20-10-13-4-3-5-14(16)8-13/h3-5,8,12,18H,2,6-7,9-11H2,1H3,(H,17,19). The van der Waals surface area contributed by atoms with Crippen LogP contribution in [-0.4, -0.2) is 29.9 Å². The summed E-state index contributed by atoms with van der Waals surface area (Å²) in [6.45, 7) is 2.89. The maximum absolute atomic E-state index is 11.7. The highest BCUT2D eigenvalue weighted by atomic mass is 35.5. The van der Waals surface area contributed by atoms with Crippen molar-refractivity contribution in [1.82, 2.24) is 5.32 Å². The minimum absolute atomic E-state index is 0.0495. The van der Waals surface area contributed by atoms with Crippen LogP contribution < -0.4 is 5.32 Å². The molecule has 0 aliphatic rings. The van der Waals surface area contributed by atoms with E-state index in [9.17, 15) is 4.79 Å². The molecule has 0 radical (unpaired) electrons. The first kappa shape index (κ1) is 17.3. The molecule has 0 fully saturated rings. The van der Waals surface area contributed by atoms with E-state index in [-0.39, 0.29) is 12.5 Å². The second-order valence-corrected chi connectivity index (χ2v) is 6.14. The molecule has 0 saturated heterocycles. The molecule has 0 heterocycles. The quantitative estimate of drug-likeness (QED) is 0.736. The van der Waals surface area contributed by atoms with Crippen molar-refractivity contribution in [3.8, 4) is 0 Å². The molecule has 3 nitrogen and oxygen atoms in total. The Hall–Kier alpha value is -0.710. The number of rotatable bonds is 9. The van der Waals surface area contributed by atoms with Crippen LogP contribution in [0.1, 0.15) is 25.3 Å². The van der Waals surface area contributed by atoms with Gasteiger partial charge in [0.25, 0.3) is 0 Å². The van der Waals surface area contributed by atoms with Gasteiger partial charge in [-0.05, 0) is 30.0 Å². The van der Waals surface area contributed by atoms with Gasteiger partial charge in [-0.15, -0.1) is 11.8 Å². The van der Waals surface area contributed by atoms with Gasteiger partial charge in [0.2, 0.25) is 5.91 Å². The second-order valence-electron chi connectivity index (χ2n) is 4.71. The molecule has 1 rings (SSSR count). The summed E-state index contributed by atoms with van der Waals surface area (Å²) in [7, 11) is 0. The molecule has 0 saturated carbocycles. The monoisotopic (exact) mass is 315 g/mol. The van der Waals surface area contributed by atoms with Gasteiger partial charge in [-0.3, -0.25) is 4.79 Å². The number of halogens is 1. The van der Waals surface area contributed by atoms with E-state index < -0.39 is 0 Å². The zero-order valence-electron chi connectivity index (χ0n) is 11.8. The summed E-state index contributed by atoms with van der Waals surface area (Å²) in [5, 5.41) is 12.5. The minimum atomic E-state index is 0.0495. The average Bonchev–Trinajstić information content (AvgIpc) is 2.43. The third-order valence-electron chi connectivity index (χ3n) is 3.09. The number of amides is 1. The molecule has 5 heteroatoms. The van der Waals surface area contributed by atoms with Crippen molar-refractivity contribution in [1.29, 1.82) is 0 Å². The first-order chi connectivity index (χ1) is 9.65. The number of hydrogen-bond donors (Lipinski definition) is 2. The SMILES string of the molecule is CCC(CCO)CNC(=O)CSCc1cccc(Cl)c1. The Bertz CT molecular complexity index is 415. The number of thioether (sulfide) groups is 1. The summed E-state index contributed by atoms with van der Waals surface area (Å²) in [5.74, 6) is 1.64. The molecule has 1 aromatic carbocycles.